The van der Waals surface area contributed by atoms with Crippen LogP contribution in [-0.2, 0) is 9.53 Å². The summed E-state index contributed by atoms with van der Waals surface area (Å²) >= 11 is 0. The van der Waals surface area contributed by atoms with Gasteiger partial charge in [-0.2, -0.15) is 0 Å². The van der Waals surface area contributed by atoms with E-state index in [1.807, 2.05) is 0 Å². The number of benzene rings is 1. The minimum atomic E-state index is -1.09. The van der Waals surface area contributed by atoms with Crippen molar-refractivity contribution in [3.63, 3.8) is 0 Å². The first-order chi connectivity index (χ1) is 11.4. The fraction of sp³-hybridized carbons (Fsp3) is 0.333. The van der Waals surface area contributed by atoms with Gasteiger partial charge in [0.1, 0.15) is 29.3 Å². The van der Waals surface area contributed by atoms with Gasteiger partial charge in [-0.3, -0.25) is 4.79 Å². The van der Waals surface area contributed by atoms with Crippen LogP contribution in [-0.4, -0.2) is 39.3 Å². The van der Waals surface area contributed by atoms with E-state index >= 15 is 0 Å². The molecule has 1 aliphatic heterocycles. The Morgan fingerprint density at radius 3 is 2.62 bits per heavy atom. The molecular formula is C18H20O6. The van der Waals surface area contributed by atoms with Crippen LogP contribution in [0.3, 0.4) is 0 Å². The number of cyclic esters (lactones) is 1. The van der Waals surface area contributed by atoms with Gasteiger partial charge < -0.3 is 20.1 Å². The van der Waals surface area contributed by atoms with Crippen LogP contribution in [0.5, 0.6) is 11.5 Å². The summed E-state index contributed by atoms with van der Waals surface area (Å²) in [5.74, 6) is -1.66. The van der Waals surface area contributed by atoms with Crippen LogP contribution in [0.4, 0.5) is 0 Å². The van der Waals surface area contributed by atoms with Crippen LogP contribution < -0.4 is 0 Å². The van der Waals surface area contributed by atoms with Crippen molar-refractivity contribution in [3.05, 3.63) is 41.5 Å². The van der Waals surface area contributed by atoms with Gasteiger partial charge in [0.05, 0.1) is 0 Å². The van der Waals surface area contributed by atoms with Gasteiger partial charge in [-0.15, -0.1) is 0 Å². The summed E-state index contributed by atoms with van der Waals surface area (Å²) in [7, 11) is 0. The molecule has 2 atom stereocenters. The number of hydrogen-bond acceptors (Lipinski definition) is 6. The van der Waals surface area contributed by atoms with Gasteiger partial charge in [0.2, 0.25) is 0 Å². The molecule has 128 valence electrons. The van der Waals surface area contributed by atoms with Crippen molar-refractivity contribution >= 4 is 17.8 Å². The summed E-state index contributed by atoms with van der Waals surface area (Å²) in [6.45, 7) is 1.65. The summed E-state index contributed by atoms with van der Waals surface area (Å²) in [6.07, 6.45) is 5.34. The Bertz CT molecular complexity index is 689. The number of rotatable bonds is 0. The molecule has 0 bridgehead atoms. The number of aliphatic hydroxyl groups excluding tert-OH is 1. The standard InChI is InChI=1S/C18H20O6/c1-11-5-4-8-15(21)14(20)7-3-2-6-12-9-13(19)10-16(22)17(12)18(23)24-11/h2,4,6,8-11,14,19-20,22H,3,5,7H2,1H3/b6-2+,8-4+/t11-,14-/m0/s1. The molecule has 0 saturated heterocycles. The van der Waals surface area contributed by atoms with Gasteiger partial charge in [0.15, 0.2) is 5.78 Å². The summed E-state index contributed by atoms with van der Waals surface area (Å²) in [5.41, 5.74) is 0.270. The van der Waals surface area contributed by atoms with Crippen LogP contribution in [0.2, 0.25) is 0 Å². The molecule has 0 amide bonds. The third-order valence-corrected chi connectivity index (χ3v) is 3.63. The van der Waals surface area contributed by atoms with Crippen molar-refractivity contribution in [3.8, 4) is 11.5 Å². The smallest absolute Gasteiger partial charge is 0.342 e. The van der Waals surface area contributed by atoms with Crippen LogP contribution in [0.15, 0.2) is 30.4 Å². The van der Waals surface area contributed by atoms with E-state index in [0.717, 1.165) is 6.07 Å². The minimum absolute atomic E-state index is 0.0337. The molecule has 1 aliphatic rings. The lowest BCUT2D eigenvalue weighted by atomic mass is 10.0. The molecule has 3 N–H and O–H groups in total. The molecule has 1 aromatic carbocycles. The second-order valence-electron chi connectivity index (χ2n) is 5.68. The summed E-state index contributed by atoms with van der Waals surface area (Å²) < 4.78 is 5.26. The lowest BCUT2D eigenvalue weighted by Crippen LogP contribution is -2.18. The number of phenolic OH excluding ortho intramolecular Hbond substituents is 2. The van der Waals surface area contributed by atoms with Crippen molar-refractivity contribution in [2.75, 3.05) is 0 Å². The highest BCUT2D eigenvalue weighted by Crippen LogP contribution is 2.29. The number of hydrogen-bond donors (Lipinski definition) is 3. The number of allylic oxidation sites excluding steroid dienone is 1. The molecule has 2 rings (SSSR count). The maximum atomic E-state index is 12.3. The van der Waals surface area contributed by atoms with Crippen molar-refractivity contribution in [2.24, 2.45) is 0 Å². The van der Waals surface area contributed by atoms with Crippen molar-refractivity contribution < 1.29 is 29.6 Å². The zero-order chi connectivity index (χ0) is 17.7. The summed E-state index contributed by atoms with van der Waals surface area (Å²) in [6, 6.07) is 2.41. The van der Waals surface area contributed by atoms with Crippen LogP contribution in [0, 0.1) is 0 Å². The summed E-state index contributed by atoms with van der Waals surface area (Å²) in [5, 5.41) is 29.4. The highest BCUT2D eigenvalue weighted by molar-refractivity contribution is 5.97. The Balaban J connectivity index is 2.38. The van der Waals surface area contributed by atoms with Gasteiger partial charge in [-0.25, -0.2) is 4.79 Å². The highest BCUT2D eigenvalue weighted by atomic mass is 16.5. The Morgan fingerprint density at radius 1 is 1.12 bits per heavy atom. The third-order valence-electron chi connectivity index (χ3n) is 3.63. The molecule has 6 heteroatoms. The average Bonchev–Trinajstić information content (AvgIpc) is 2.49. The Kier molecular flexibility index (Phi) is 5.76. The van der Waals surface area contributed by atoms with Gasteiger partial charge in [0.25, 0.3) is 0 Å². The van der Waals surface area contributed by atoms with Gasteiger partial charge in [0, 0.05) is 12.5 Å². The molecule has 1 heterocycles. The molecule has 1 aromatic rings. The largest absolute Gasteiger partial charge is 0.508 e. The molecular weight excluding hydrogens is 312 g/mol. The molecule has 0 fully saturated rings. The highest BCUT2D eigenvalue weighted by Gasteiger charge is 2.20. The first kappa shape index (κ1) is 17.7. The van der Waals surface area contributed by atoms with E-state index in [0.29, 0.717) is 18.4 Å². The van der Waals surface area contributed by atoms with Crippen molar-refractivity contribution in [2.45, 2.75) is 38.4 Å². The van der Waals surface area contributed by atoms with E-state index in [1.165, 1.54) is 12.1 Å². The number of carbonyl (C=O) groups is 2. The molecule has 0 aliphatic carbocycles. The number of aliphatic hydroxyl groups is 1. The van der Waals surface area contributed by atoms with Crippen LogP contribution in [0.25, 0.3) is 6.08 Å². The predicted molar refractivity (Wildman–Crippen MR) is 87.7 cm³/mol. The average molecular weight is 332 g/mol. The van der Waals surface area contributed by atoms with Gasteiger partial charge in [-0.05, 0) is 37.5 Å². The molecule has 0 saturated carbocycles. The normalized spacial score (nSPS) is 25.2. The Morgan fingerprint density at radius 2 is 1.88 bits per heavy atom. The fourth-order valence-corrected chi connectivity index (χ4v) is 2.37. The molecule has 6 nitrogen and oxygen atoms in total. The van der Waals surface area contributed by atoms with E-state index in [1.54, 1.807) is 25.2 Å². The number of esters is 1. The first-order valence-corrected chi connectivity index (χ1v) is 7.70. The molecule has 0 aromatic heterocycles. The Labute approximate surface area is 139 Å². The second-order valence-corrected chi connectivity index (χ2v) is 5.68. The molecule has 0 spiro atoms. The second kappa shape index (κ2) is 7.79. The monoisotopic (exact) mass is 332 g/mol. The maximum absolute atomic E-state index is 12.3. The zero-order valence-electron chi connectivity index (χ0n) is 13.3. The Hall–Kier alpha value is -2.60. The number of phenols is 2. The maximum Gasteiger partial charge on any atom is 0.342 e. The van der Waals surface area contributed by atoms with E-state index in [9.17, 15) is 24.9 Å². The SMILES string of the molecule is C[C@H]1C/C=C/C(=O)[C@@H](O)CC/C=C/c2cc(O)cc(O)c2C(=O)O1. The first-order valence-electron chi connectivity index (χ1n) is 7.70. The van der Waals surface area contributed by atoms with E-state index < -0.39 is 24.0 Å². The number of carbonyl (C=O) groups excluding carboxylic acids is 2. The molecule has 0 radical (unpaired) electrons. The minimum Gasteiger partial charge on any atom is -0.508 e. The third kappa shape index (κ3) is 4.45. The van der Waals surface area contributed by atoms with Crippen LogP contribution in [0.1, 0.15) is 42.1 Å². The van der Waals surface area contributed by atoms with E-state index in [4.69, 9.17) is 4.74 Å². The lowest BCUT2D eigenvalue weighted by Gasteiger charge is -2.14. The lowest BCUT2D eigenvalue weighted by molar-refractivity contribution is -0.122. The topological polar surface area (TPSA) is 104 Å². The molecule has 0 unspecified atom stereocenters. The van der Waals surface area contributed by atoms with Crippen molar-refractivity contribution in [1.82, 2.24) is 0 Å². The fourth-order valence-electron chi connectivity index (χ4n) is 2.37. The number of ether oxygens (including phenoxy) is 1. The number of ketones is 1. The number of aromatic hydroxyl groups is 2. The van der Waals surface area contributed by atoms with Gasteiger partial charge >= 0.3 is 5.97 Å². The predicted octanol–water partition coefficient (Wildman–Crippen LogP) is 2.33. The van der Waals surface area contributed by atoms with E-state index in [2.05, 4.69) is 0 Å². The number of fused-ring (bicyclic) bond motifs is 1. The van der Waals surface area contributed by atoms with Gasteiger partial charge in [-0.1, -0.05) is 18.2 Å². The quantitative estimate of drug-likeness (QED) is 0.630. The molecule has 24 heavy (non-hydrogen) atoms. The van der Waals surface area contributed by atoms with Crippen LogP contribution >= 0.6 is 0 Å². The van der Waals surface area contributed by atoms with E-state index in [-0.39, 0.29) is 23.5 Å². The zero-order valence-corrected chi connectivity index (χ0v) is 13.3. The van der Waals surface area contributed by atoms with Crippen molar-refractivity contribution in [1.29, 1.82) is 0 Å². The summed E-state index contributed by atoms with van der Waals surface area (Å²) in [4.78, 5) is 24.0.